The second-order valence-corrected chi connectivity index (χ2v) is 7.29. The van der Waals surface area contributed by atoms with Crippen LogP contribution in [0.15, 0.2) is 47.6 Å². The number of anilines is 2. The Morgan fingerprint density at radius 1 is 1.14 bits per heavy atom. The SMILES string of the molecule is O=C(CCSc1ccc(C(F)(F)F)cn1)Nc1ccc(N2CCOCC2)cc1. The highest BCUT2D eigenvalue weighted by Crippen LogP contribution is 2.29. The Bertz CT molecular complexity index is 777. The molecule has 0 saturated carbocycles. The van der Waals surface area contributed by atoms with Gasteiger partial charge in [-0.1, -0.05) is 0 Å². The molecular formula is C19H20F3N3O2S. The van der Waals surface area contributed by atoms with E-state index in [1.165, 1.54) is 17.8 Å². The lowest BCUT2D eigenvalue weighted by molar-refractivity contribution is -0.137. The van der Waals surface area contributed by atoms with Gasteiger partial charge in [-0.25, -0.2) is 4.98 Å². The van der Waals surface area contributed by atoms with Crippen molar-refractivity contribution in [1.82, 2.24) is 4.98 Å². The number of pyridine rings is 1. The first-order valence-electron chi connectivity index (χ1n) is 8.80. The second kappa shape index (κ2) is 9.29. The van der Waals surface area contributed by atoms with Gasteiger partial charge in [0.1, 0.15) is 0 Å². The minimum Gasteiger partial charge on any atom is -0.378 e. The Morgan fingerprint density at radius 2 is 1.86 bits per heavy atom. The number of rotatable bonds is 6. The number of aromatic nitrogens is 1. The van der Waals surface area contributed by atoms with Crippen molar-refractivity contribution in [2.24, 2.45) is 0 Å². The molecular weight excluding hydrogens is 391 g/mol. The highest BCUT2D eigenvalue weighted by atomic mass is 32.2. The number of hydrogen-bond acceptors (Lipinski definition) is 5. The van der Waals surface area contributed by atoms with Crippen molar-refractivity contribution < 1.29 is 22.7 Å². The van der Waals surface area contributed by atoms with E-state index in [9.17, 15) is 18.0 Å². The van der Waals surface area contributed by atoms with Gasteiger partial charge in [0.2, 0.25) is 5.91 Å². The summed E-state index contributed by atoms with van der Waals surface area (Å²) in [6.45, 7) is 3.12. The van der Waals surface area contributed by atoms with Gasteiger partial charge in [0, 0.05) is 42.8 Å². The number of benzene rings is 1. The third-order valence-corrected chi connectivity index (χ3v) is 5.12. The number of carbonyl (C=O) groups is 1. The van der Waals surface area contributed by atoms with E-state index in [1.807, 2.05) is 24.3 Å². The number of thioether (sulfide) groups is 1. The number of halogens is 3. The fourth-order valence-corrected chi connectivity index (χ4v) is 3.47. The molecule has 1 fully saturated rings. The number of amides is 1. The van der Waals surface area contributed by atoms with Crippen LogP contribution in [0.3, 0.4) is 0 Å². The van der Waals surface area contributed by atoms with Crippen LogP contribution in [0.5, 0.6) is 0 Å². The Balaban J connectivity index is 1.43. The molecule has 28 heavy (non-hydrogen) atoms. The predicted octanol–water partition coefficient (Wildman–Crippen LogP) is 4.06. The molecule has 1 aromatic carbocycles. The molecule has 150 valence electrons. The van der Waals surface area contributed by atoms with Crippen molar-refractivity contribution in [1.29, 1.82) is 0 Å². The lowest BCUT2D eigenvalue weighted by Gasteiger charge is -2.28. The highest BCUT2D eigenvalue weighted by Gasteiger charge is 2.30. The van der Waals surface area contributed by atoms with E-state index in [-0.39, 0.29) is 12.3 Å². The van der Waals surface area contributed by atoms with Gasteiger partial charge in [-0.15, -0.1) is 11.8 Å². The molecule has 1 amide bonds. The standard InChI is InChI=1S/C19H20F3N3O2S/c20-19(21,22)14-1-6-18(23-13-14)28-12-7-17(26)24-15-2-4-16(5-3-15)25-8-10-27-11-9-25/h1-6,13H,7-12H2,(H,24,26). The molecule has 0 aliphatic carbocycles. The lowest BCUT2D eigenvalue weighted by atomic mass is 10.2. The first-order valence-corrected chi connectivity index (χ1v) is 9.79. The van der Waals surface area contributed by atoms with E-state index in [4.69, 9.17) is 4.74 Å². The third kappa shape index (κ3) is 5.87. The molecule has 0 spiro atoms. The van der Waals surface area contributed by atoms with E-state index >= 15 is 0 Å². The molecule has 1 N–H and O–H groups in total. The van der Waals surface area contributed by atoms with Gasteiger partial charge < -0.3 is 15.0 Å². The monoisotopic (exact) mass is 411 g/mol. The van der Waals surface area contributed by atoms with Crippen LogP contribution in [-0.2, 0) is 15.7 Å². The average Bonchev–Trinajstić information content (AvgIpc) is 2.69. The topological polar surface area (TPSA) is 54.5 Å². The molecule has 1 aliphatic heterocycles. The summed E-state index contributed by atoms with van der Waals surface area (Å²) in [5.41, 5.74) is 1.01. The zero-order chi connectivity index (χ0) is 20.0. The number of hydrogen-bond donors (Lipinski definition) is 1. The van der Waals surface area contributed by atoms with Crippen LogP contribution < -0.4 is 10.2 Å². The summed E-state index contributed by atoms with van der Waals surface area (Å²) in [6, 6.07) is 9.94. The van der Waals surface area contributed by atoms with Gasteiger partial charge in [0.25, 0.3) is 0 Å². The molecule has 2 aromatic rings. The Labute approximate surface area is 165 Å². The molecule has 0 radical (unpaired) electrons. The summed E-state index contributed by atoms with van der Waals surface area (Å²) in [5.74, 6) is 0.273. The molecule has 0 unspecified atom stereocenters. The fraction of sp³-hybridized carbons (Fsp3) is 0.368. The van der Waals surface area contributed by atoms with E-state index in [2.05, 4.69) is 15.2 Å². The summed E-state index contributed by atoms with van der Waals surface area (Å²) in [6.07, 6.45) is -3.36. The van der Waals surface area contributed by atoms with Gasteiger partial charge in [-0.05, 0) is 36.4 Å². The Morgan fingerprint density at radius 3 is 2.46 bits per heavy atom. The lowest BCUT2D eigenvalue weighted by Crippen LogP contribution is -2.36. The molecule has 5 nitrogen and oxygen atoms in total. The molecule has 0 atom stereocenters. The van der Waals surface area contributed by atoms with Gasteiger partial charge in [0.05, 0.1) is 23.8 Å². The van der Waals surface area contributed by atoms with Gasteiger partial charge in [-0.3, -0.25) is 4.79 Å². The maximum Gasteiger partial charge on any atom is 0.417 e. The second-order valence-electron chi connectivity index (χ2n) is 6.18. The van der Waals surface area contributed by atoms with Crippen molar-refractivity contribution in [3.05, 3.63) is 48.2 Å². The van der Waals surface area contributed by atoms with Crippen molar-refractivity contribution >= 4 is 29.0 Å². The van der Waals surface area contributed by atoms with Crippen molar-refractivity contribution in [2.45, 2.75) is 17.6 Å². The van der Waals surface area contributed by atoms with Crippen LogP contribution in [0.25, 0.3) is 0 Å². The van der Waals surface area contributed by atoms with Gasteiger partial charge in [0.15, 0.2) is 0 Å². The minimum absolute atomic E-state index is 0.154. The zero-order valence-electron chi connectivity index (χ0n) is 15.0. The quantitative estimate of drug-likeness (QED) is 0.727. The molecule has 1 aromatic heterocycles. The predicted molar refractivity (Wildman–Crippen MR) is 103 cm³/mol. The molecule has 9 heteroatoms. The van der Waals surface area contributed by atoms with Crippen LogP contribution in [0.4, 0.5) is 24.5 Å². The van der Waals surface area contributed by atoms with Gasteiger partial charge >= 0.3 is 6.18 Å². The largest absolute Gasteiger partial charge is 0.417 e. The van der Waals surface area contributed by atoms with Crippen molar-refractivity contribution in [2.75, 3.05) is 42.3 Å². The van der Waals surface area contributed by atoms with E-state index in [1.54, 1.807) is 0 Å². The molecule has 1 aliphatic rings. The van der Waals surface area contributed by atoms with Crippen LogP contribution in [-0.4, -0.2) is 42.9 Å². The maximum absolute atomic E-state index is 12.5. The zero-order valence-corrected chi connectivity index (χ0v) is 15.9. The first kappa shape index (κ1) is 20.5. The summed E-state index contributed by atoms with van der Waals surface area (Å²) in [4.78, 5) is 18.1. The smallest absolute Gasteiger partial charge is 0.378 e. The number of carbonyl (C=O) groups excluding carboxylic acids is 1. The normalized spacial score (nSPS) is 14.8. The summed E-state index contributed by atoms with van der Waals surface area (Å²) in [7, 11) is 0. The molecule has 0 bridgehead atoms. The van der Waals surface area contributed by atoms with Crippen LogP contribution in [0, 0.1) is 0 Å². The third-order valence-electron chi connectivity index (χ3n) is 4.17. The number of ether oxygens (including phenoxy) is 1. The Kier molecular flexibility index (Phi) is 6.79. The van der Waals surface area contributed by atoms with Crippen LogP contribution in [0.2, 0.25) is 0 Å². The number of morpholine rings is 1. The molecule has 2 heterocycles. The van der Waals surface area contributed by atoms with Crippen molar-refractivity contribution in [3.8, 4) is 0 Å². The molecule has 1 saturated heterocycles. The van der Waals surface area contributed by atoms with E-state index < -0.39 is 11.7 Å². The van der Waals surface area contributed by atoms with Crippen molar-refractivity contribution in [3.63, 3.8) is 0 Å². The summed E-state index contributed by atoms with van der Waals surface area (Å²) >= 11 is 1.24. The first-order chi connectivity index (χ1) is 13.4. The summed E-state index contributed by atoms with van der Waals surface area (Å²) in [5, 5.41) is 3.28. The van der Waals surface area contributed by atoms with Crippen LogP contribution >= 0.6 is 11.8 Å². The number of nitrogens with one attached hydrogen (secondary N) is 1. The molecule has 3 rings (SSSR count). The summed E-state index contributed by atoms with van der Waals surface area (Å²) < 4.78 is 42.9. The Hall–Kier alpha value is -2.26. The number of nitrogens with zero attached hydrogens (tertiary/aromatic N) is 2. The average molecular weight is 411 g/mol. The number of alkyl halides is 3. The van der Waals surface area contributed by atoms with E-state index in [0.29, 0.717) is 29.7 Å². The maximum atomic E-state index is 12.5. The minimum atomic E-state index is -4.40. The fourth-order valence-electron chi connectivity index (χ4n) is 2.68. The van der Waals surface area contributed by atoms with E-state index in [0.717, 1.165) is 31.0 Å². The highest BCUT2D eigenvalue weighted by molar-refractivity contribution is 7.99. The van der Waals surface area contributed by atoms with Crippen LogP contribution in [0.1, 0.15) is 12.0 Å². The van der Waals surface area contributed by atoms with Gasteiger partial charge in [-0.2, -0.15) is 13.2 Å².